The Labute approximate surface area is 151 Å². The second kappa shape index (κ2) is 8.30. The second-order valence-electron chi connectivity index (χ2n) is 6.36. The zero-order valence-corrected chi connectivity index (χ0v) is 15.2. The lowest BCUT2D eigenvalue weighted by atomic mass is 9.94. The molecule has 1 aromatic carbocycles. The molecule has 2 atom stereocenters. The molecule has 1 saturated heterocycles. The molecule has 1 aliphatic heterocycles. The molecule has 4 nitrogen and oxygen atoms in total. The molecule has 0 bridgehead atoms. The average molecular weight is 366 g/mol. The number of thioether (sulfide) groups is 2. The summed E-state index contributed by atoms with van der Waals surface area (Å²) in [7, 11) is 0. The summed E-state index contributed by atoms with van der Waals surface area (Å²) in [5.74, 6) is 0.923. The number of rotatable bonds is 4. The number of carboxylic acid groups (broad SMARTS) is 1. The van der Waals surface area contributed by atoms with Crippen LogP contribution in [0.4, 0.5) is 0 Å². The minimum Gasteiger partial charge on any atom is -0.481 e. The Morgan fingerprint density at radius 3 is 2.33 bits per heavy atom. The Morgan fingerprint density at radius 2 is 1.67 bits per heavy atom. The van der Waals surface area contributed by atoms with Gasteiger partial charge in [-0.05, 0) is 30.5 Å². The van der Waals surface area contributed by atoms with Crippen LogP contribution < -0.4 is 5.32 Å². The normalized spacial score (nSPS) is 25.2. The Bertz CT molecular complexity index is 584. The van der Waals surface area contributed by atoms with Gasteiger partial charge in [0.2, 0.25) is 0 Å². The van der Waals surface area contributed by atoms with E-state index >= 15 is 0 Å². The minimum atomic E-state index is -0.798. The molecule has 0 unspecified atom stereocenters. The molecular weight excluding hydrogens is 342 g/mol. The van der Waals surface area contributed by atoms with Crippen molar-refractivity contribution >= 4 is 35.4 Å². The highest BCUT2D eigenvalue weighted by molar-refractivity contribution is 8.19. The number of nitrogens with one attached hydrogen (secondary N) is 1. The van der Waals surface area contributed by atoms with Crippen molar-refractivity contribution in [2.24, 2.45) is 5.92 Å². The average Bonchev–Trinajstić information content (AvgIpc) is 3.02. The Hall–Kier alpha value is -1.14. The second-order valence-corrected chi connectivity index (χ2v) is 9.08. The van der Waals surface area contributed by atoms with E-state index in [1.807, 2.05) is 47.8 Å². The van der Waals surface area contributed by atoms with Crippen molar-refractivity contribution in [1.82, 2.24) is 5.32 Å². The predicted octanol–water partition coefficient (Wildman–Crippen LogP) is 3.93. The zero-order chi connectivity index (χ0) is 16.9. The summed E-state index contributed by atoms with van der Waals surface area (Å²) in [6, 6.07) is 7.49. The van der Waals surface area contributed by atoms with E-state index in [4.69, 9.17) is 0 Å². The fourth-order valence-corrected chi connectivity index (χ4v) is 6.23. The van der Waals surface area contributed by atoms with Gasteiger partial charge in [-0.25, -0.2) is 0 Å². The van der Waals surface area contributed by atoms with Gasteiger partial charge < -0.3 is 10.4 Å². The highest BCUT2D eigenvalue weighted by atomic mass is 32.2. The fourth-order valence-electron chi connectivity index (χ4n) is 3.37. The molecule has 1 aliphatic carbocycles. The first-order valence-electron chi connectivity index (χ1n) is 8.52. The van der Waals surface area contributed by atoms with Crippen LogP contribution in [0.2, 0.25) is 0 Å². The lowest BCUT2D eigenvalue weighted by Crippen LogP contribution is -2.42. The molecule has 130 valence electrons. The van der Waals surface area contributed by atoms with Crippen molar-refractivity contribution in [3.8, 4) is 0 Å². The fraction of sp³-hybridized carbons (Fsp3) is 0.556. The Kier molecular flexibility index (Phi) is 6.11. The molecule has 2 N–H and O–H groups in total. The van der Waals surface area contributed by atoms with Crippen LogP contribution in [0.1, 0.15) is 52.6 Å². The third-order valence-corrected chi connectivity index (χ3v) is 7.82. The van der Waals surface area contributed by atoms with Gasteiger partial charge in [0.05, 0.1) is 10.5 Å². The van der Waals surface area contributed by atoms with Crippen LogP contribution in [-0.4, -0.2) is 34.5 Å². The van der Waals surface area contributed by atoms with Gasteiger partial charge in [0.25, 0.3) is 5.91 Å². The van der Waals surface area contributed by atoms with Gasteiger partial charge in [-0.2, -0.15) is 0 Å². The largest absolute Gasteiger partial charge is 0.481 e. The molecule has 1 aromatic rings. The van der Waals surface area contributed by atoms with E-state index in [9.17, 15) is 14.7 Å². The van der Waals surface area contributed by atoms with Crippen molar-refractivity contribution in [3.63, 3.8) is 0 Å². The lowest BCUT2D eigenvalue weighted by molar-refractivity contribution is -0.142. The molecule has 6 heteroatoms. The van der Waals surface area contributed by atoms with Crippen molar-refractivity contribution in [1.29, 1.82) is 0 Å². The summed E-state index contributed by atoms with van der Waals surface area (Å²) >= 11 is 3.88. The molecule has 2 fully saturated rings. The van der Waals surface area contributed by atoms with Crippen LogP contribution in [0.3, 0.4) is 0 Å². The highest BCUT2D eigenvalue weighted by Gasteiger charge is 2.30. The van der Waals surface area contributed by atoms with Gasteiger partial charge in [-0.15, -0.1) is 23.5 Å². The van der Waals surface area contributed by atoms with Gasteiger partial charge in [-0.3, -0.25) is 9.59 Å². The number of carbonyl (C=O) groups is 2. The van der Waals surface area contributed by atoms with Crippen molar-refractivity contribution in [2.75, 3.05) is 11.5 Å². The summed E-state index contributed by atoms with van der Waals surface area (Å²) < 4.78 is 0.473. The van der Waals surface area contributed by atoms with Gasteiger partial charge in [0.15, 0.2) is 0 Å². The number of carbonyl (C=O) groups excluding carboxylic acids is 1. The summed E-state index contributed by atoms with van der Waals surface area (Å²) in [6.45, 7) is 0. The maximum absolute atomic E-state index is 12.5. The van der Waals surface area contributed by atoms with Crippen molar-refractivity contribution in [2.45, 2.75) is 42.7 Å². The molecule has 1 heterocycles. The third-order valence-electron chi connectivity index (χ3n) is 4.72. The Morgan fingerprint density at radius 1 is 1.00 bits per heavy atom. The smallest absolute Gasteiger partial charge is 0.308 e. The van der Waals surface area contributed by atoms with E-state index in [0.29, 0.717) is 16.6 Å². The number of hydrogen-bond donors (Lipinski definition) is 2. The van der Waals surface area contributed by atoms with Crippen LogP contribution in [0, 0.1) is 5.92 Å². The number of hydrogen-bond acceptors (Lipinski definition) is 4. The van der Waals surface area contributed by atoms with Crippen molar-refractivity contribution in [3.05, 3.63) is 35.4 Å². The van der Waals surface area contributed by atoms with Gasteiger partial charge in [0.1, 0.15) is 0 Å². The van der Waals surface area contributed by atoms with Crippen LogP contribution in [0.15, 0.2) is 24.3 Å². The SMILES string of the molecule is O=C(N[C@H]1CCCCC[C@H]1C(=O)O)c1ccc(C2SCCS2)cc1. The van der Waals surface area contributed by atoms with E-state index < -0.39 is 11.9 Å². The van der Waals surface area contributed by atoms with Crippen LogP contribution >= 0.6 is 23.5 Å². The molecule has 1 saturated carbocycles. The van der Waals surface area contributed by atoms with Crippen molar-refractivity contribution < 1.29 is 14.7 Å². The molecule has 1 amide bonds. The number of benzene rings is 1. The Balaban J connectivity index is 1.65. The molecule has 0 radical (unpaired) electrons. The van der Waals surface area contributed by atoms with E-state index in [1.54, 1.807) is 0 Å². The van der Waals surface area contributed by atoms with Crippen LogP contribution in [0.25, 0.3) is 0 Å². The summed E-state index contributed by atoms with van der Waals surface area (Å²) in [5.41, 5.74) is 1.86. The van der Waals surface area contributed by atoms with Crippen LogP contribution in [-0.2, 0) is 4.79 Å². The highest BCUT2D eigenvalue weighted by Crippen LogP contribution is 2.45. The van der Waals surface area contributed by atoms with Gasteiger partial charge in [-0.1, -0.05) is 31.4 Å². The number of amides is 1. The molecular formula is C18H23NO3S2. The van der Waals surface area contributed by atoms with E-state index in [-0.39, 0.29) is 11.9 Å². The van der Waals surface area contributed by atoms with E-state index in [0.717, 1.165) is 25.7 Å². The first kappa shape index (κ1) is 17.7. The van der Waals surface area contributed by atoms with E-state index in [1.165, 1.54) is 17.1 Å². The van der Waals surface area contributed by atoms with Gasteiger partial charge in [0, 0.05) is 23.1 Å². The molecule has 0 aromatic heterocycles. The number of carboxylic acids is 1. The summed E-state index contributed by atoms with van der Waals surface area (Å²) in [4.78, 5) is 24.0. The minimum absolute atomic E-state index is 0.161. The molecule has 0 spiro atoms. The topological polar surface area (TPSA) is 66.4 Å². The summed E-state index contributed by atoms with van der Waals surface area (Å²) in [5, 5.41) is 12.4. The molecule has 24 heavy (non-hydrogen) atoms. The molecule has 2 aliphatic rings. The maximum atomic E-state index is 12.5. The molecule has 3 rings (SSSR count). The zero-order valence-electron chi connectivity index (χ0n) is 13.6. The number of aliphatic carboxylic acids is 1. The predicted molar refractivity (Wildman–Crippen MR) is 99.6 cm³/mol. The maximum Gasteiger partial charge on any atom is 0.308 e. The lowest BCUT2D eigenvalue weighted by Gasteiger charge is -2.23. The quantitative estimate of drug-likeness (QED) is 0.792. The first-order chi connectivity index (χ1) is 11.6. The standard InChI is InChI=1S/C18H23NO3S2/c20-16(19-15-5-3-1-2-4-14(15)17(21)22)12-6-8-13(9-7-12)18-23-10-11-24-18/h6-9,14-15,18H,1-5,10-11H2,(H,19,20)(H,21,22)/t14-,15+/m1/s1. The summed E-state index contributed by atoms with van der Waals surface area (Å²) in [6.07, 6.45) is 4.34. The third kappa shape index (κ3) is 4.28. The van der Waals surface area contributed by atoms with Gasteiger partial charge >= 0.3 is 5.97 Å². The van der Waals surface area contributed by atoms with E-state index in [2.05, 4.69) is 5.32 Å². The monoisotopic (exact) mass is 365 g/mol. The first-order valence-corrected chi connectivity index (χ1v) is 10.6. The van der Waals surface area contributed by atoms with Crippen LogP contribution in [0.5, 0.6) is 0 Å².